The van der Waals surface area contributed by atoms with Crippen molar-refractivity contribution < 1.29 is 8.42 Å². The van der Waals surface area contributed by atoms with Crippen LogP contribution in [0.2, 0.25) is 0 Å². The van der Waals surface area contributed by atoms with E-state index in [2.05, 4.69) is 11.9 Å². The summed E-state index contributed by atoms with van der Waals surface area (Å²) in [6.07, 6.45) is 1.99. The topological polar surface area (TPSA) is 66.4 Å². The summed E-state index contributed by atoms with van der Waals surface area (Å²) in [5.41, 5.74) is 2.48. The van der Waals surface area contributed by atoms with E-state index >= 15 is 0 Å². The standard InChI is InChI=1S/C20H22N4O2S/c1-3-4-13-23-14-24(27(25,26)16-11-9-15(2)10-12-16)20-19(23)21-17-7-5-6-8-18(17)22-20/h5-12H,3-4,13-14H2,1-2H3. The van der Waals surface area contributed by atoms with E-state index in [1.165, 1.54) is 4.31 Å². The molecule has 0 radical (unpaired) electrons. The fraction of sp³-hybridized carbons (Fsp3) is 0.300. The van der Waals surface area contributed by atoms with Gasteiger partial charge in [-0.2, -0.15) is 0 Å². The zero-order valence-electron chi connectivity index (χ0n) is 15.5. The third-order valence-electron chi connectivity index (χ3n) is 4.76. The molecular formula is C20H22N4O2S. The van der Waals surface area contributed by atoms with Gasteiger partial charge in [0.2, 0.25) is 0 Å². The molecule has 1 aliphatic heterocycles. The average Bonchev–Trinajstić information content (AvgIpc) is 3.03. The summed E-state index contributed by atoms with van der Waals surface area (Å²) >= 11 is 0. The Morgan fingerprint density at radius 2 is 1.59 bits per heavy atom. The maximum atomic E-state index is 13.3. The quantitative estimate of drug-likeness (QED) is 0.673. The maximum absolute atomic E-state index is 13.3. The highest BCUT2D eigenvalue weighted by atomic mass is 32.2. The normalized spacial score (nSPS) is 14.0. The van der Waals surface area contributed by atoms with Gasteiger partial charge in [0, 0.05) is 6.54 Å². The van der Waals surface area contributed by atoms with E-state index < -0.39 is 10.0 Å². The molecule has 0 unspecified atom stereocenters. The number of fused-ring (bicyclic) bond motifs is 2. The smallest absolute Gasteiger partial charge is 0.267 e. The largest absolute Gasteiger partial charge is 0.335 e. The van der Waals surface area contributed by atoms with Crippen LogP contribution in [0.5, 0.6) is 0 Å². The average molecular weight is 382 g/mol. The van der Waals surface area contributed by atoms with Gasteiger partial charge in [0.05, 0.1) is 15.9 Å². The van der Waals surface area contributed by atoms with Crippen LogP contribution in [0, 0.1) is 6.92 Å². The lowest BCUT2D eigenvalue weighted by molar-refractivity contribution is 0.590. The number of aryl methyl sites for hydroxylation is 1. The summed E-state index contributed by atoms with van der Waals surface area (Å²) < 4.78 is 28.0. The number of para-hydroxylation sites is 2. The second-order valence-electron chi connectivity index (χ2n) is 6.78. The van der Waals surface area contributed by atoms with Gasteiger partial charge in [0.25, 0.3) is 10.0 Å². The highest BCUT2D eigenvalue weighted by Gasteiger charge is 2.37. The molecule has 3 aromatic rings. The lowest BCUT2D eigenvalue weighted by Crippen LogP contribution is -2.36. The summed E-state index contributed by atoms with van der Waals surface area (Å²) in [5, 5.41) is 0. The van der Waals surface area contributed by atoms with E-state index in [-0.39, 0.29) is 11.6 Å². The molecule has 1 aromatic heterocycles. The summed E-state index contributed by atoms with van der Waals surface area (Å²) in [6, 6.07) is 14.5. The van der Waals surface area contributed by atoms with Crippen molar-refractivity contribution in [1.82, 2.24) is 9.97 Å². The van der Waals surface area contributed by atoms with Crippen LogP contribution in [-0.2, 0) is 10.0 Å². The first-order chi connectivity index (χ1) is 13.0. The number of aromatic nitrogens is 2. The Bertz CT molecular complexity index is 1080. The number of anilines is 2. The van der Waals surface area contributed by atoms with Gasteiger partial charge >= 0.3 is 0 Å². The van der Waals surface area contributed by atoms with Gasteiger partial charge in [-0.1, -0.05) is 43.2 Å². The minimum Gasteiger partial charge on any atom is -0.335 e. The van der Waals surface area contributed by atoms with Crippen molar-refractivity contribution in [2.45, 2.75) is 31.6 Å². The molecule has 0 fully saturated rings. The molecule has 0 saturated carbocycles. The summed E-state index contributed by atoms with van der Waals surface area (Å²) in [5.74, 6) is 1.04. The zero-order valence-corrected chi connectivity index (χ0v) is 16.3. The van der Waals surface area contributed by atoms with E-state index in [9.17, 15) is 8.42 Å². The van der Waals surface area contributed by atoms with E-state index in [0.29, 0.717) is 17.2 Å². The van der Waals surface area contributed by atoms with Crippen LogP contribution in [0.25, 0.3) is 11.0 Å². The predicted octanol–water partition coefficient (Wildman–Crippen LogP) is 3.71. The lowest BCUT2D eigenvalue weighted by atomic mass is 10.2. The molecule has 0 amide bonds. The molecule has 140 valence electrons. The Labute approximate surface area is 159 Å². The van der Waals surface area contributed by atoms with E-state index in [1.54, 1.807) is 12.1 Å². The number of nitrogens with zero attached hydrogens (tertiary/aromatic N) is 4. The first kappa shape index (κ1) is 17.7. The van der Waals surface area contributed by atoms with Crippen LogP contribution in [0.15, 0.2) is 53.4 Å². The number of hydrogen-bond acceptors (Lipinski definition) is 5. The minimum absolute atomic E-state index is 0.238. The highest BCUT2D eigenvalue weighted by molar-refractivity contribution is 7.92. The number of hydrogen-bond donors (Lipinski definition) is 0. The second-order valence-corrected chi connectivity index (χ2v) is 8.65. The fourth-order valence-electron chi connectivity index (χ4n) is 3.20. The van der Waals surface area contributed by atoms with Gasteiger partial charge in [-0.05, 0) is 37.6 Å². The third kappa shape index (κ3) is 3.12. The Kier molecular flexibility index (Phi) is 4.47. The number of sulfonamides is 1. The summed E-state index contributed by atoms with van der Waals surface area (Å²) in [7, 11) is -3.71. The van der Waals surface area contributed by atoms with Crippen LogP contribution < -0.4 is 9.21 Å². The van der Waals surface area contributed by atoms with Crippen molar-refractivity contribution in [2.75, 3.05) is 22.4 Å². The van der Waals surface area contributed by atoms with Gasteiger partial charge in [0.15, 0.2) is 11.6 Å². The Balaban J connectivity index is 1.83. The first-order valence-electron chi connectivity index (χ1n) is 9.12. The molecule has 2 aromatic carbocycles. The molecule has 27 heavy (non-hydrogen) atoms. The predicted molar refractivity (Wildman–Crippen MR) is 108 cm³/mol. The maximum Gasteiger partial charge on any atom is 0.267 e. The molecule has 0 spiro atoms. The van der Waals surface area contributed by atoms with Crippen molar-refractivity contribution in [3.05, 3.63) is 54.1 Å². The molecule has 0 N–H and O–H groups in total. The third-order valence-corrected chi connectivity index (χ3v) is 6.50. The van der Waals surface area contributed by atoms with Crippen LogP contribution in [0.4, 0.5) is 11.6 Å². The number of unbranched alkanes of at least 4 members (excludes halogenated alkanes) is 1. The first-order valence-corrected chi connectivity index (χ1v) is 10.6. The molecular weight excluding hydrogens is 360 g/mol. The van der Waals surface area contributed by atoms with E-state index in [4.69, 9.17) is 4.98 Å². The molecule has 1 aliphatic rings. The SMILES string of the molecule is CCCCN1CN(S(=O)(=O)c2ccc(C)cc2)c2nc3ccccc3nc21. The molecule has 2 heterocycles. The van der Waals surface area contributed by atoms with E-state index in [0.717, 1.165) is 30.5 Å². The van der Waals surface area contributed by atoms with E-state index in [1.807, 2.05) is 48.2 Å². The molecule has 6 nitrogen and oxygen atoms in total. The number of benzene rings is 2. The zero-order chi connectivity index (χ0) is 19.0. The summed E-state index contributed by atoms with van der Waals surface area (Å²) in [6.45, 7) is 5.04. The van der Waals surface area contributed by atoms with Gasteiger partial charge in [-0.3, -0.25) is 0 Å². The number of rotatable bonds is 5. The Hall–Kier alpha value is -2.67. The molecule has 7 heteroatoms. The van der Waals surface area contributed by atoms with Crippen LogP contribution in [0.3, 0.4) is 0 Å². The van der Waals surface area contributed by atoms with Gasteiger partial charge in [0.1, 0.15) is 6.67 Å². The van der Waals surface area contributed by atoms with Gasteiger partial charge in [-0.15, -0.1) is 0 Å². The van der Waals surface area contributed by atoms with Crippen molar-refractivity contribution in [2.24, 2.45) is 0 Å². The van der Waals surface area contributed by atoms with Crippen LogP contribution >= 0.6 is 0 Å². The molecule has 4 rings (SSSR count). The summed E-state index contributed by atoms with van der Waals surface area (Å²) in [4.78, 5) is 11.6. The Morgan fingerprint density at radius 3 is 2.22 bits per heavy atom. The monoisotopic (exact) mass is 382 g/mol. The van der Waals surface area contributed by atoms with Gasteiger partial charge < -0.3 is 4.90 Å². The molecule has 0 atom stereocenters. The molecule has 0 aliphatic carbocycles. The Morgan fingerprint density at radius 1 is 0.963 bits per heavy atom. The van der Waals surface area contributed by atoms with Crippen molar-refractivity contribution in [3.8, 4) is 0 Å². The van der Waals surface area contributed by atoms with Crippen molar-refractivity contribution in [3.63, 3.8) is 0 Å². The fourth-order valence-corrected chi connectivity index (χ4v) is 4.58. The van der Waals surface area contributed by atoms with Crippen molar-refractivity contribution >= 4 is 32.7 Å². The van der Waals surface area contributed by atoms with Gasteiger partial charge in [-0.25, -0.2) is 22.7 Å². The minimum atomic E-state index is -3.71. The van der Waals surface area contributed by atoms with Crippen molar-refractivity contribution in [1.29, 1.82) is 0 Å². The van der Waals surface area contributed by atoms with Crippen LogP contribution in [0.1, 0.15) is 25.3 Å². The van der Waals surface area contributed by atoms with Crippen LogP contribution in [-0.4, -0.2) is 31.6 Å². The highest BCUT2D eigenvalue weighted by Crippen LogP contribution is 2.37. The lowest BCUT2D eigenvalue weighted by Gasteiger charge is -2.20. The second kappa shape index (κ2) is 6.81. The molecule has 0 bridgehead atoms. The molecule has 0 saturated heterocycles.